The second kappa shape index (κ2) is 6.96. The summed E-state index contributed by atoms with van der Waals surface area (Å²) in [4.78, 5) is 0. The van der Waals surface area contributed by atoms with Crippen LogP contribution in [0, 0.1) is 12.8 Å². The Balaban J connectivity index is 1.92. The highest BCUT2D eigenvalue weighted by molar-refractivity contribution is 5.91. The van der Waals surface area contributed by atoms with Crippen LogP contribution in [0.2, 0.25) is 0 Å². The zero-order chi connectivity index (χ0) is 18.1. The Hall–Kier alpha value is -2.60. The van der Waals surface area contributed by atoms with Crippen molar-refractivity contribution >= 4 is 6.08 Å². The van der Waals surface area contributed by atoms with E-state index in [2.05, 4.69) is 93.6 Å². The number of allylic oxidation sites excluding steroid dienone is 1. The number of benzene rings is 3. The van der Waals surface area contributed by atoms with E-state index in [9.17, 15) is 0 Å². The van der Waals surface area contributed by atoms with Crippen molar-refractivity contribution in [3.05, 3.63) is 89.0 Å². The molecular weight excluding hydrogens is 312 g/mol. The smallest absolute Gasteiger partial charge is 0.00549 e. The molecule has 0 spiro atoms. The molecule has 0 fully saturated rings. The number of aryl methyl sites for hydroxylation is 1. The molecule has 1 atom stereocenters. The number of hydrogen-bond donors (Lipinski definition) is 0. The van der Waals surface area contributed by atoms with Gasteiger partial charge in [-0.1, -0.05) is 92.2 Å². The van der Waals surface area contributed by atoms with E-state index in [1.807, 2.05) is 0 Å². The van der Waals surface area contributed by atoms with Crippen molar-refractivity contribution in [2.45, 2.75) is 33.6 Å². The van der Waals surface area contributed by atoms with Crippen LogP contribution in [0.15, 0.2) is 72.3 Å². The minimum atomic E-state index is 0.653. The lowest BCUT2D eigenvalue weighted by Gasteiger charge is -2.16. The Labute approximate surface area is 157 Å². The molecule has 3 aromatic rings. The molecule has 0 heterocycles. The summed E-state index contributed by atoms with van der Waals surface area (Å²) in [7, 11) is 0. The first kappa shape index (κ1) is 16.8. The molecule has 0 N–H and O–H groups in total. The molecule has 26 heavy (non-hydrogen) atoms. The summed E-state index contributed by atoms with van der Waals surface area (Å²) in [6.07, 6.45) is 4.77. The van der Waals surface area contributed by atoms with E-state index < -0.39 is 0 Å². The van der Waals surface area contributed by atoms with E-state index >= 15 is 0 Å². The Bertz CT molecular complexity index is 961. The topological polar surface area (TPSA) is 0 Å². The quantitative estimate of drug-likeness (QED) is 0.467. The largest absolute Gasteiger partial charge is 0.0648 e. The van der Waals surface area contributed by atoms with Gasteiger partial charge in [0.2, 0.25) is 0 Å². The molecule has 0 heteroatoms. The summed E-state index contributed by atoms with van der Waals surface area (Å²) >= 11 is 0. The summed E-state index contributed by atoms with van der Waals surface area (Å²) in [6, 6.07) is 24.2. The van der Waals surface area contributed by atoms with Crippen LogP contribution in [0.5, 0.6) is 0 Å². The Morgan fingerprint density at radius 1 is 0.846 bits per heavy atom. The first-order valence-electron chi connectivity index (χ1n) is 9.66. The molecule has 0 saturated heterocycles. The minimum absolute atomic E-state index is 0.653. The highest BCUT2D eigenvalue weighted by Gasteiger charge is 2.22. The van der Waals surface area contributed by atoms with Gasteiger partial charge >= 0.3 is 0 Å². The van der Waals surface area contributed by atoms with Crippen molar-refractivity contribution in [3.8, 4) is 22.3 Å². The van der Waals surface area contributed by atoms with Crippen LogP contribution >= 0.6 is 0 Å². The van der Waals surface area contributed by atoms with Gasteiger partial charge in [0.25, 0.3) is 0 Å². The van der Waals surface area contributed by atoms with Gasteiger partial charge in [0.15, 0.2) is 0 Å². The molecule has 0 radical (unpaired) electrons. The molecule has 0 bridgehead atoms. The molecule has 3 aromatic carbocycles. The second-order valence-corrected chi connectivity index (χ2v) is 7.45. The van der Waals surface area contributed by atoms with Crippen molar-refractivity contribution in [3.63, 3.8) is 0 Å². The van der Waals surface area contributed by atoms with Gasteiger partial charge in [0.1, 0.15) is 0 Å². The van der Waals surface area contributed by atoms with Gasteiger partial charge in [-0.25, -0.2) is 0 Å². The van der Waals surface area contributed by atoms with Gasteiger partial charge < -0.3 is 0 Å². The number of rotatable bonds is 4. The van der Waals surface area contributed by atoms with E-state index in [1.165, 1.54) is 45.4 Å². The summed E-state index contributed by atoms with van der Waals surface area (Å²) in [5, 5.41) is 0. The first-order valence-corrected chi connectivity index (χ1v) is 9.66. The fraction of sp³-hybridized carbons (Fsp3) is 0.231. The van der Waals surface area contributed by atoms with Crippen LogP contribution in [-0.4, -0.2) is 0 Å². The van der Waals surface area contributed by atoms with Gasteiger partial charge in [0.05, 0.1) is 0 Å². The maximum atomic E-state index is 2.47. The maximum absolute atomic E-state index is 2.47. The van der Waals surface area contributed by atoms with Crippen molar-refractivity contribution in [2.75, 3.05) is 0 Å². The lowest BCUT2D eigenvalue weighted by atomic mass is 9.88. The van der Waals surface area contributed by atoms with E-state index in [-0.39, 0.29) is 0 Å². The van der Waals surface area contributed by atoms with Crippen LogP contribution in [0.4, 0.5) is 0 Å². The molecule has 0 aliphatic heterocycles. The van der Waals surface area contributed by atoms with Gasteiger partial charge in [0, 0.05) is 0 Å². The van der Waals surface area contributed by atoms with Crippen LogP contribution in [0.3, 0.4) is 0 Å². The molecule has 0 saturated carbocycles. The number of fused-ring (bicyclic) bond motifs is 1. The van der Waals surface area contributed by atoms with E-state index in [0.717, 1.165) is 6.42 Å². The average Bonchev–Trinajstić information content (AvgIpc) is 3.12. The van der Waals surface area contributed by atoms with E-state index in [1.54, 1.807) is 5.57 Å². The SMILES string of the molecule is CCC(C)C1=Cc2c(ccc(C)c2-c2ccccc2-c2ccccc2)C1. The third-order valence-electron chi connectivity index (χ3n) is 5.80. The fourth-order valence-corrected chi connectivity index (χ4v) is 4.05. The lowest BCUT2D eigenvalue weighted by Crippen LogP contribution is -1.97. The van der Waals surface area contributed by atoms with Crippen molar-refractivity contribution in [1.29, 1.82) is 0 Å². The molecule has 1 unspecified atom stereocenters. The second-order valence-electron chi connectivity index (χ2n) is 7.45. The predicted octanol–water partition coefficient (Wildman–Crippen LogP) is 7.31. The van der Waals surface area contributed by atoms with Crippen LogP contribution in [0.25, 0.3) is 28.3 Å². The molecule has 4 rings (SSSR count). The zero-order valence-electron chi connectivity index (χ0n) is 15.9. The Morgan fingerprint density at radius 3 is 2.27 bits per heavy atom. The van der Waals surface area contributed by atoms with Crippen LogP contribution < -0.4 is 0 Å². The predicted molar refractivity (Wildman–Crippen MR) is 113 cm³/mol. The number of hydrogen-bond acceptors (Lipinski definition) is 0. The third kappa shape index (κ3) is 2.90. The Kier molecular flexibility index (Phi) is 4.51. The molecule has 1 aliphatic rings. The lowest BCUT2D eigenvalue weighted by molar-refractivity contribution is 0.647. The summed E-state index contributed by atoms with van der Waals surface area (Å²) < 4.78 is 0. The maximum Gasteiger partial charge on any atom is -0.00549 e. The molecule has 0 aromatic heterocycles. The van der Waals surface area contributed by atoms with Crippen molar-refractivity contribution in [2.24, 2.45) is 5.92 Å². The van der Waals surface area contributed by atoms with Crippen LogP contribution in [0.1, 0.15) is 37.0 Å². The van der Waals surface area contributed by atoms with E-state index in [0.29, 0.717) is 5.92 Å². The van der Waals surface area contributed by atoms with Crippen molar-refractivity contribution in [1.82, 2.24) is 0 Å². The summed E-state index contributed by atoms with van der Waals surface area (Å²) in [5.74, 6) is 0.653. The van der Waals surface area contributed by atoms with Gasteiger partial charge in [-0.3, -0.25) is 0 Å². The fourth-order valence-electron chi connectivity index (χ4n) is 4.05. The molecule has 1 aliphatic carbocycles. The highest BCUT2D eigenvalue weighted by atomic mass is 14.3. The molecule has 0 amide bonds. The average molecular weight is 338 g/mol. The van der Waals surface area contributed by atoms with Gasteiger partial charge in [-0.15, -0.1) is 0 Å². The summed E-state index contributed by atoms with van der Waals surface area (Å²) in [6.45, 7) is 6.87. The minimum Gasteiger partial charge on any atom is -0.0648 e. The first-order chi connectivity index (χ1) is 12.7. The monoisotopic (exact) mass is 338 g/mol. The standard InChI is InChI=1S/C26H26/c1-4-18(2)22-16-21-15-14-19(3)26(25(21)17-22)24-13-9-8-12-23(24)20-10-6-5-7-11-20/h5-15,17-18H,4,16H2,1-3H3. The molecule has 130 valence electrons. The molecule has 0 nitrogen and oxygen atoms in total. The zero-order valence-corrected chi connectivity index (χ0v) is 15.9. The Morgan fingerprint density at radius 2 is 1.54 bits per heavy atom. The third-order valence-corrected chi connectivity index (χ3v) is 5.80. The van der Waals surface area contributed by atoms with E-state index in [4.69, 9.17) is 0 Å². The summed E-state index contributed by atoms with van der Waals surface area (Å²) in [5.41, 5.74) is 11.2. The van der Waals surface area contributed by atoms with Crippen molar-refractivity contribution < 1.29 is 0 Å². The van der Waals surface area contributed by atoms with Crippen LogP contribution in [-0.2, 0) is 6.42 Å². The van der Waals surface area contributed by atoms with Gasteiger partial charge in [-0.05, 0) is 64.6 Å². The molecular formula is C26H26. The highest BCUT2D eigenvalue weighted by Crippen LogP contribution is 2.42. The van der Waals surface area contributed by atoms with Gasteiger partial charge in [-0.2, -0.15) is 0 Å². The normalized spacial score (nSPS) is 14.0.